The number of amides is 1. The van der Waals surface area contributed by atoms with Gasteiger partial charge in [0, 0.05) is 0 Å². The molecule has 7 heteroatoms. The molecule has 1 aliphatic carbocycles. The largest absolute Gasteiger partial charge is 0.489 e. The lowest BCUT2D eigenvalue weighted by Gasteiger charge is -2.23. The van der Waals surface area contributed by atoms with E-state index < -0.39 is 5.97 Å². The van der Waals surface area contributed by atoms with Gasteiger partial charge >= 0.3 is 5.97 Å². The maximum absolute atomic E-state index is 12.8. The molecule has 0 spiro atoms. The number of carbonyl (C=O) groups excluding carboxylic acids is 2. The molecule has 1 saturated heterocycles. The van der Waals surface area contributed by atoms with Crippen molar-refractivity contribution in [2.24, 2.45) is 0 Å². The molecule has 2 aromatic rings. The molecule has 172 valence electrons. The van der Waals surface area contributed by atoms with Crippen molar-refractivity contribution in [3.8, 4) is 5.75 Å². The van der Waals surface area contributed by atoms with Crippen molar-refractivity contribution in [3.63, 3.8) is 0 Å². The number of carbonyl (C=O) groups is 2. The summed E-state index contributed by atoms with van der Waals surface area (Å²) in [6.45, 7) is 2.42. The van der Waals surface area contributed by atoms with Gasteiger partial charge in [-0.25, -0.2) is 0 Å². The van der Waals surface area contributed by atoms with E-state index >= 15 is 0 Å². The number of thioether (sulfide) groups is 1. The Morgan fingerprint density at radius 3 is 2.48 bits per heavy atom. The second-order valence-corrected chi connectivity index (χ2v) is 10.0. The Hall–Kier alpha value is -2.64. The summed E-state index contributed by atoms with van der Waals surface area (Å²) in [4.78, 5) is 27.0. The van der Waals surface area contributed by atoms with E-state index in [4.69, 9.17) is 21.7 Å². The Kier molecular flexibility index (Phi) is 7.83. The van der Waals surface area contributed by atoms with Crippen LogP contribution in [-0.2, 0) is 20.9 Å². The average Bonchev–Trinajstić information content (AvgIpc) is 3.07. The third-order valence-electron chi connectivity index (χ3n) is 5.72. The molecule has 0 N–H and O–H groups in total. The van der Waals surface area contributed by atoms with Crippen molar-refractivity contribution in [3.05, 3.63) is 70.1 Å². The second kappa shape index (κ2) is 11.0. The molecular formula is C26H27NO4S2. The Bertz CT molecular complexity index is 1040. The first kappa shape index (κ1) is 23.5. The number of rotatable bonds is 7. The van der Waals surface area contributed by atoms with Crippen molar-refractivity contribution in [1.29, 1.82) is 0 Å². The van der Waals surface area contributed by atoms with Gasteiger partial charge in [-0.2, -0.15) is 0 Å². The zero-order valence-electron chi connectivity index (χ0n) is 18.6. The van der Waals surface area contributed by atoms with Gasteiger partial charge in [0.05, 0.1) is 4.91 Å². The average molecular weight is 482 g/mol. The van der Waals surface area contributed by atoms with Crippen LogP contribution in [0.3, 0.4) is 0 Å². The minimum Gasteiger partial charge on any atom is -0.489 e. The normalized spacial score (nSPS) is 18.1. The molecule has 0 atom stereocenters. The SMILES string of the molecule is Cc1ccc(COc2ccc(/C=C3\SC(=S)N(CC(=O)OC4CCCCC4)C3=O)cc2)cc1. The van der Waals surface area contributed by atoms with Gasteiger partial charge < -0.3 is 9.47 Å². The maximum Gasteiger partial charge on any atom is 0.326 e. The van der Waals surface area contributed by atoms with Crippen LogP contribution >= 0.6 is 24.0 Å². The molecule has 1 saturated carbocycles. The number of aryl methyl sites for hydroxylation is 1. The van der Waals surface area contributed by atoms with Gasteiger partial charge in [0.25, 0.3) is 5.91 Å². The molecular weight excluding hydrogens is 454 g/mol. The highest BCUT2D eigenvalue weighted by Gasteiger charge is 2.34. The highest BCUT2D eigenvalue weighted by Crippen LogP contribution is 2.33. The molecule has 0 aromatic heterocycles. The van der Waals surface area contributed by atoms with Crippen molar-refractivity contribution in [2.45, 2.75) is 51.7 Å². The quantitative estimate of drug-likeness (QED) is 0.289. The number of ether oxygens (including phenoxy) is 2. The van der Waals surface area contributed by atoms with Crippen molar-refractivity contribution in [1.82, 2.24) is 4.90 Å². The Morgan fingerprint density at radius 1 is 1.09 bits per heavy atom. The van der Waals surface area contributed by atoms with Crippen LogP contribution in [-0.4, -0.2) is 33.7 Å². The third-order valence-corrected chi connectivity index (χ3v) is 7.09. The van der Waals surface area contributed by atoms with Crippen LogP contribution in [0.2, 0.25) is 0 Å². The van der Waals surface area contributed by atoms with Crippen LogP contribution in [0, 0.1) is 6.92 Å². The fourth-order valence-corrected chi connectivity index (χ4v) is 5.09. The summed E-state index contributed by atoms with van der Waals surface area (Å²) in [6.07, 6.45) is 6.90. The van der Waals surface area contributed by atoms with Crippen LogP contribution in [0.1, 0.15) is 48.8 Å². The van der Waals surface area contributed by atoms with E-state index in [0.29, 0.717) is 15.8 Å². The molecule has 1 amide bonds. The van der Waals surface area contributed by atoms with Crippen molar-refractivity contribution < 1.29 is 19.1 Å². The molecule has 0 unspecified atom stereocenters. The molecule has 2 fully saturated rings. The monoisotopic (exact) mass is 481 g/mol. The van der Waals surface area contributed by atoms with E-state index in [2.05, 4.69) is 31.2 Å². The summed E-state index contributed by atoms with van der Waals surface area (Å²) in [5.74, 6) is 0.102. The van der Waals surface area contributed by atoms with E-state index in [1.165, 1.54) is 28.6 Å². The predicted octanol–water partition coefficient (Wildman–Crippen LogP) is 5.65. The maximum atomic E-state index is 12.8. The second-order valence-electron chi connectivity index (χ2n) is 8.36. The zero-order chi connectivity index (χ0) is 23.2. The molecule has 0 radical (unpaired) electrons. The van der Waals surface area contributed by atoms with Crippen LogP contribution in [0.25, 0.3) is 6.08 Å². The highest BCUT2D eigenvalue weighted by molar-refractivity contribution is 8.26. The van der Waals surface area contributed by atoms with Gasteiger partial charge in [-0.15, -0.1) is 0 Å². The summed E-state index contributed by atoms with van der Waals surface area (Å²) in [7, 11) is 0. The van der Waals surface area contributed by atoms with E-state index in [1.54, 1.807) is 6.08 Å². The lowest BCUT2D eigenvalue weighted by molar-refractivity contribution is -0.152. The van der Waals surface area contributed by atoms with Gasteiger partial charge in [0.15, 0.2) is 0 Å². The first-order valence-electron chi connectivity index (χ1n) is 11.2. The summed E-state index contributed by atoms with van der Waals surface area (Å²) in [5.41, 5.74) is 3.19. The Morgan fingerprint density at radius 2 is 1.79 bits per heavy atom. The zero-order valence-corrected chi connectivity index (χ0v) is 20.3. The number of benzene rings is 2. The topological polar surface area (TPSA) is 55.8 Å². The van der Waals surface area contributed by atoms with E-state index in [0.717, 1.165) is 42.6 Å². The van der Waals surface area contributed by atoms with Gasteiger partial charge in [0.1, 0.15) is 29.3 Å². The van der Waals surface area contributed by atoms with Crippen LogP contribution < -0.4 is 4.74 Å². The number of nitrogens with zero attached hydrogens (tertiary/aromatic N) is 1. The van der Waals surface area contributed by atoms with Gasteiger partial charge in [0.2, 0.25) is 0 Å². The fourth-order valence-electron chi connectivity index (χ4n) is 3.83. The van der Waals surface area contributed by atoms with Gasteiger partial charge in [-0.05, 0) is 61.9 Å². The Labute approximate surface area is 204 Å². The molecule has 4 rings (SSSR count). The fraction of sp³-hybridized carbons (Fsp3) is 0.346. The summed E-state index contributed by atoms with van der Waals surface area (Å²) < 4.78 is 11.8. The number of hydrogen-bond donors (Lipinski definition) is 0. The number of hydrogen-bond acceptors (Lipinski definition) is 6. The van der Waals surface area contributed by atoms with E-state index in [1.807, 2.05) is 24.3 Å². The molecule has 1 aliphatic heterocycles. The number of esters is 1. The summed E-state index contributed by atoms with van der Waals surface area (Å²) >= 11 is 6.55. The van der Waals surface area contributed by atoms with Gasteiger partial charge in [-0.1, -0.05) is 72.4 Å². The van der Waals surface area contributed by atoms with E-state index in [-0.39, 0.29) is 18.6 Å². The van der Waals surface area contributed by atoms with E-state index in [9.17, 15) is 9.59 Å². The van der Waals surface area contributed by atoms with Gasteiger partial charge in [-0.3, -0.25) is 14.5 Å². The van der Waals surface area contributed by atoms with Crippen LogP contribution in [0.15, 0.2) is 53.4 Å². The third kappa shape index (κ3) is 6.45. The summed E-state index contributed by atoms with van der Waals surface area (Å²) in [5, 5.41) is 0. The smallest absolute Gasteiger partial charge is 0.326 e. The molecule has 5 nitrogen and oxygen atoms in total. The standard InChI is InChI=1S/C26H27NO4S2/c1-18-7-9-20(10-8-18)17-30-21-13-11-19(12-14-21)15-23-25(29)27(26(32)33-23)16-24(28)31-22-5-3-2-4-6-22/h7-15,22H,2-6,16-17H2,1H3/b23-15-. The minimum atomic E-state index is -0.394. The minimum absolute atomic E-state index is 0.0352. The lowest BCUT2D eigenvalue weighted by atomic mass is 9.98. The molecule has 1 heterocycles. The van der Waals surface area contributed by atoms with Crippen LogP contribution in [0.5, 0.6) is 5.75 Å². The predicted molar refractivity (Wildman–Crippen MR) is 135 cm³/mol. The summed E-state index contributed by atoms with van der Waals surface area (Å²) in [6, 6.07) is 15.8. The van der Waals surface area contributed by atoms with Crippen LogP contribution in [0.4, 0.5) is 0 Å². The highest BCUT2D eigenvalue weighted by atomic mass is 32.2. The molecule has 2 aromatic carbocycles. The number of thiocarbonyl (C=S) groups is 1. The Balaban J connectivity index is 1.32. The molecule has 2 aliphatic rings. The molecule has 33 heavy (non-hydrogen) atoms. The first-order valence-corrected chi connectivity index (χ1v) is 12.4. The first-order chi connectivity index (χ1) is 16.0. The van der Waals surface area contributed by atoms with Crippen molar-refractivity contribution >= 4 is 46.3 Å². The van der Waals surface area contributed by atoms with Crippen molar-refractivity contribution in [2.75, 3.05) is 6.54 Å². The molecule has 0 bridgehead atoms. The lowest BCUT2D eigenvalue weighted by Crippen LogP contribution is -2.36.